The molecule has 25 heavy (non-hydrogen) atoms. The van der Waals surface area contributed by atoms with Crippen molar-refractivity contribution < 1.29 is 14.3 Å². The molecule has 1 N–H and O–H groups in total. The fraction of sp³-hybridized carbons (Fsp3) is 0.250. The Labute approximate surface area is 152 Å². The van der Waals surface area contributed by atoms with Gasteiger partial charge in [0.2, 0.25) is 0 Å². The number of ether oxygens (including phenoxy) is 2. The highest BCUT2D eigenvalue weighted by Gasteiger charge is 2.25. The Bertz CT molecular complexity index is 838. The van der Waals surface area contributed by atoms with E-state index in [4.69, 9.17) is 21.1 Å². The van der Waals surface area contributed by atoms with Crippen molar-refractivity contribution in [2.75, 3.05) is 25.6 Å². The summed E-state index contributed by atoms with van der Waals surface area (Å²) in [5, 5.41) is 3.91. The molecule has 1 aliphatic rings. The molecule has 0 bridgehead atoms. The van der Waals surface area contributed by atoms with Crippen LogP contribution >= 0.6 is 11.6 Å². The van der Waals surface area contributed by atoms with Crippen molar-refractivity contribution in [3.63, 3.8) is 0 Å². The molecule has 128 valence electrons. The lowest BCUT2D eigenvalue weighted by molar-refractivity contribution is -0.146. The van der Waals surface area contributed by atoms with Crippen LogP contribution in [0.5, 0.6) is 5.75 Å². The molecule has 0 aliphatic carbocycles. The molecule has 5 heteroatoms. The number of nitrogens with one attached hydrogen (secondary N) is 1. The first-order chi connectivity index (χ1) is 12.2. The maximum atomic E-state index is 12.2. The monoisotopic (exact) mass is 355 g/mol. The first-order valence-corrected chi connectivity index (χ1v) is 8.35. The number of fused-ring (bicyclic) bond motifs is 1. The van der Waals surface area contributed by atoms with Crippen molar-refractivity contribution in [2.24, 2.45) is 5.92 Å². The van der Waals surface area contributed by atoms with Crippen LogP contribution < -0.4 is 10.1 Å². The first-order valence-electron chi connectivity index (χ1n) is 7.97. The average molecular weight is 356 g/mol. The summed E-state index contributed by atoms with van der Waals surface area (Å²) in [5.41, 5.74) is 2.87. The molecule has 1 heterocycles. The van der Waals surface area contributed by atoms with Crippen molar-refractivity contribution in [1.29, 1.82) is 0 Å². The molecule has 4 nitrogen and oxygen atoms in total. The van der Waals surface area contributed by atoms with E-state index in [1.807, 2.05) is 42.5 Å². The number of hydrogen-bond acceptors (Lipinski definition) is 4. The second-order valence-corrected chi connectivity index (χ2v) is 6.16. The van der Waals surface area contributed by atoms with Crippen molar-refractivity contribution in [3.8, 4) is 17.6 Å². The van der Waals surface area contributed by atoms with E-state index in [1.165, 1.54) is 0 Å². The number of carbonyl (C=O) groups excluding carboxylic acids is 1. The fourth-order valence-corrected chi connectivity index (χ4v) is 2.86. The Morgan fingerprint density at radius 3 is 3.04 bits per heavy atom. The van der Waals surface area contributed by atoms with Crippen molar-refractivity contribution in [1.82, 2.24) is 0 Å². The van der Waals surface area contributed by atoms with Crippen LogP contribution in [0.15, 0.2) is 42.5 Å². The summed E-state index contributed by atoms with van der Waals surface area (Å²) in [4.78, 5) is 12.2. The Morgan fingerprint density at radius 2 is 2.20 bits per heavy atom. The van der Waals surface area contributed by atoms with E-state index >= 15 is 0 Å². The molecule has 0 saturated heterocycles. The summed E-state index contributed by atoms with van der Waals surface area (Å²) < 4.78 is 10.4. The standard InChI is InChI=1S/C20H18ClNO3/c1-24-18-6-2-4-14(10-18)5-3-9-25-20(23)16-11-15-7-8-17(21)12-19(15)22-13-16/h2,4,6-8,10,12,16,22H,9,11,13H2,1H3. The molecule has 3 rings (SSSR count). The Hall–Kier alpha value is -2.64. The highest BCUT2D eigenvalue weighted by Crippen LogP contribution is 2.28. The molecule has 2 aromatic rings. The molecule has 2 aromatic carbocycles. The quantitative estimate of drug-likeness (QED) is 0.676. The van der Waals surface area contributed by atoms with Gasteiger partial charge in [-0.1, -0.05) is 35.6 Å². The molecule has 0 amide bonds. The third-order valence-electron chi connectivity index (χ3n) is 4.00. The smallest absolute Gasteiger partial charge is 0.312 e. The van der Waals surface area contributed by atoms with Crippen molar-refractivity contribution >= 4 is 23.3 Å². The van der Waals surface area contributed by atoms with Gasteiger partial charge in [0.1, 0.15) is 5.75 Å². The zero-order valence-corrected chi connectivity index (χ0v) is 14.6. The van der Waals surface area contributed by atoms with Crippen molar-refractivity contribution in [3.05, 3.63) is 58.6 Å². The van der Waals surface area contributed by atoms with Crippen LogP contribution in [-0.4, -0.2) is 26.2 Å². The van der Waals surface area contributed by atoms with Gasteiger partial charge in [0, 0.05) is 22.8 Å². The predicted molar refractivity (Wildman–Crippen MR) is 98.0 cm³/mol. The summed E-state index contributed by atoms with van der Waals surface area (Å²) in [7, 11) is 1.61. The number of rotatable bonds is 3. The lowest BCUT2D eigenvalue weighted by Gasteiger charge is -2.24. The molecule has 1 aliphatic heterocycles. The zero-order valence-electron chi connectivity index (χ0n) is 13.8. The maximum absolute atomic E-state index is 12.2. The molecule has 1 unspecified atom stereocenters. The molecule has 1 atom stereocenters. The molecule has 0 fully saturated rings. The van der Waals surface area contributed by atoms with Gasteiger partial charge < -0.3 is 14.8 Å². The summed E-state index contributed by atoms with van der Waals surface area (Å²) in [6, 6.07) is 13.1. The normalized spacial score (nSPS) is 15.2. The topological polar surface area (TPSA) is 47.6 Å². The van der Waals surface area contributed by atoms with Crippen molar-refractivity contribution in [2.45, 2.75) is 6.42 Å². The predicted octanol–water partition coefficient (Wildman–Crippen LogP) is 3.53. The van der Waals surface area contributed by atoms with Gasteiger partial charge in [0.05, 0.1) is 13.0 Å². The van der Waals surface area contributed by atoms with Gasteiger partial charge in [-0.25, -0.2) is 0 Å². The second-order valence-electron chi connectivity index (χ2n) is 5.72. The van der Waals surface area contributed by atoms with Gasteiger partial charge in [-0.2, -0.15) is 0 Å². The van der Waals surface area contributed by atoms with Crippen LogP contribution in [0.2, 0.25) is 5.02 Å². The van der Waals surface area contributed by atoms with E-state index in [9.17, 15) is 4.79 Å². The summed E-state index contributed by atoms with van der Waals surface area (Å²) in [5.74, 6) is 6.11. The number of hydrogen-bond donors (Lipinski definition) is 1. The number of esters is 1. The van der Waals surface area contributed by atoms with Gasteiger partial charge in [0.15, 0.2) is 6.61 Å². The highest BCUT2D eigenvalue weighted by atomic mass is 35.5. The van der Waals surface area contributed by atoms with Gasteiger partial charge in [-0.15, -0.1) is 0 Å². The minimum Gasteiger partial charge on any atom is -0.497 e. The third kappa shape index (κ3) is 4.46. The minimum absolute atomic E-state index is 0.0695. The Kier molecular flexibility index (Phi) is 5.47. The van der Waals surface area contributed by atoms with Gasteiger partial charge in [-0.3, -0.25) is 4.79 Å². The van der Waals surface area contributed by atoms with E-state index in [1.54, 1.807) is 7.11 Å². The highest BCUT2D eigenvalue weighted by molar-refractivity contribution is 6.30. The van der Waals surface area contributed by atoms with Crippen LogP contribution in [0.1, 0.15) is 11.1 Å². The van der Waals surface area contributed by atoms with E-state index in [-0.39, 0.29) is 18.5 Å². The average Bonchev–Trinajstić information content (AvgIpc) is 2.64. The molecule has 0 radical (unpaired) electrons. The Balaban J connectivity index is 1.53. The van der Waals surface area contributed by atoms with Gasteiger partial charge in [0.25, 0.3) is 0 Å². The zero-order chi connectivity index (χ0) is 17.6. The molecular weight excluding hydrogens is 338 g/mol. The summed E-state index contributed by atoms with van der Waals surface area (Å²) >= 11 is 5.97. The summed E-state index contributed by atoms with van der Waals surface area (Å²) in [6.45, 7) is 0.607. The lowest BCUT2D eigenvalue weighted by Crippen LogP contribution is -2.31. The summed E-state index contributed by atoms with van der Waals surface area (Å²) in [6.07, 6.45) is 0.641. The van der Waals surface area contributed by atoms with E-state index < -0.39 is 0 Å². The fourth-order valence-electron chi connectivity index (χ4n) is 2.69. The number of methoxy groups -OCH3 is 1. The number of halogens is 1. The van der Waals surface area contributed by atoms with Crippen LogP contribution in [-0.2, 0) is 16.0 Å². The van der Waals surface area contributed by atoms with Crippen LogP contribution in [0.3, 0.4) is 0 Å². The van der Waals surface area contributed by atoms with E-state index in [0.29, 0.717) is 18.0 Å². The van der Waals surface area contributed by atoms with E-state index in [2.05, 4.69) is 17.2 Å². The van der Waals surface area contributed by atoms with Crippen LogP contribution in [0, 0.1) is 17.8 Å². The van der Waals surface area contributed by atoms with E-state index in [0.717, 1.165) is 22.6 Å². The Morgan fingerprint density at radius 1 is 1.32 bits per heavy atom. The molecule has 0 spiro atoms. The third-order valence-corrected chi connectivity index (χ3v) is 4.23. The second kappa shape index (κ2) is 7.96. The largest absolute Gasteiger partial charge is 0.497 e. The first kappa shape index (κ1) is 17.2. The number of benzene rings is 2. The van der Waals surface area contributed by atoms with Crippen LogP contribution in [0.25, 0.3) is 0 Å². The molecule has 0 saturated carbocycles. The minimum atomic E-state index is -0.243. The van der Waals surface area contributed by atoms with Crippen LogP contribution in [0.4, 0.5) is 5.69 Å². The van der Waals surface area contributed by atoms with Gasteiger partial charge >= 0.3 is 5.97 Å². The lowest BCUT2D eigenvalue weighted by atomic mass is 9.94. The molecular formula is C20H18ClNO3. The number of anilines is 1. The maximum Gasteiger partial charge on any atom is 0.312 e. The molecule has 0 aromatic heterocycles. The number of carbonyl (C=O) groups is 1. The van der Waals surface area contributed by atoms with Gasteiger partial charge in [-0.05, 0) is 42.3 Å². The SMILES string of the molecule is COc1cccc(C#CCOC(=O)C2CNc3cc(Cl)ccc3C2)c1.